The van der Waals surface area contributed by atoms with Crippen LogP contribution in [0.15, 0.2) is 60.7 Å². The van der Waals surface area contributed by atoms with E-state index in [1.54, 1.807) is 29.2 Å². The number of amides is 1. The Morgan fingerprint density at radius 3 is 2.23 bits per heavy atom. The number of nitrogens with zero attached hydrogens (tertiary/aromatic N) is 1. The number of hydrogen-bond acceptors (Lipinski definition) is 5. The van der Waals surface area contributed by atoms with E-state index in [0.717, 1.165) is 0 Å². The van der Waals surface area contributed by atoms with Crippen molar-refractivity contribution in [2.45, 2.75) is 6.10 Å². The van der Waals surface area contributed by atoms with E-state index < -0.39 is 12.1 Å². The molecule has 0 radical (unpaired) electrons. The SMILES string of the molecule is O=C(COc1ccccc1)O[C@H](C(=O)N1CCOCC1)c1ccccc1. The summed E-state index contributed by atoms with van der Waals surface area (Å²) in [5.74, 6) is -0.267. The van der Waals surface area contributed by atoms with Crippen molar-refractivity contribution in [3.8, 4) is 5.75 Å². The lowest BCUT2D eigenvalue weighted by Crippen LogP contribution is -2.44. The van der Waals surface area contributed by atoms with Gasteiger partial charge in [0.15, 0.2) is 6.61 Å². The van der Waals surface area contributed by atoms with E-state index in [0.29, 0.717) is 37.6 Å². The predicted octanol–water partition coefficient (Wildman–Crippen LogP) is 2.21. The summed E-state index contributed by atoms with van der Waals surface area (Å²) in [6.07, 6.45) is -0.985. The first-order chi connectivity index (χ1) is 12.7. The van der Waals surface area contributed by atoms with Crippen LogP contribution in [0, 0.1) is 0 Å². The van der Waals surface area contributed by atoms with Crippen molar-refractivity contribution < 1.29 is 23.8 Å². The van der Waals surface area contributed by atoms with E-state index in [9.17, 15) is 9.59 Å². The molecule has 2 aromatic carbocycles. The molecule has 0 aromatic heterocycles. The fourth-order valence-electron chi connectivity index (χ4n) is 2.66. The Balaban J connectivity index is 1.67. The van der Waals surface area contributed by atoms with Gasteiger partial charge in [0.25, 0.3) is 5.91 Å². The molecule has 0 aliphatic carbocycles. The van der Waals surface area contributed by atoms with Crippen LogP contribution >= 0.6 is 0 Å². The van der Waals surface area contributed by atoms with Crippen LogP contribution in [0.5, 0.6) is 5.75 Å². The van der Waals surface area contributed by atoms with Gasteiger partial charge in [-0.25, -0.2) is 4.79 Å². The number of para-hydroxylation sites is 1. The van der Waals surface area contributed by atoms with Crippen LogP contribution in [-0.4, -0.2) is 49.7 Å². The Bertz CT molecular complexity index is 713. The zero-order chi connectivity index (χ0) is 18.2. The summed E-state index contributed by atoms with van der Waals surface area (Å²) in [7, 11) is 0. The number of hydrogen-bond donors (Lipinski definition) is 0. The first-order valence-electron chi connectivity index (χ1n) is 8.53. The summed E-state index contributed by atoms with van der Waals surface area (Å²) >= 11 is 0. The number of benzene rings is 2. The summed E-state index contributed by atoms with van der Waals surface area (Å²) in [4.78, 5) is 26.8. The lowest BCUT2D eigenvalue weighted by Gasteiger charge is -2.30. The molecule has 3 rings (SSSR count). The largest absolute Gasteiger partial charge is 0.482 e. The Hall–Kier alpha value is -2.86. The minimum atomic E-state index is -0.985. The Labute approximate surface area is 152 Å². The van der Waals surface area contributed by atoms with Gasteiger partial charge in [0, 0.05) is 18.7 Å². The molecule has 1 aliphatic rings. The fraction of sp³-hybridized carbons (Fsp3) is 0.300. The molecule has 1 atom stereocenters. The van der Waals surface area contributed by atoms with Gasteiger partial charge in [-0.1, -0.05) is 48.5 Å². The molecule has 1 amide bonds. The second kappa shape index (κ2) is 9.01. The van der Waals surface area contributed by atoms with Crippen molar-refractivity contribution in [1.29, 1.82) is 0 Å². The van der Waals surface area contributed by atoms with Crippen molar-refractivity contribution in [2.24, 2.45) is 0 Å². The molecule has 0 N–H and O–H groups in total. The fourth-order valence-corrected chi connectivity index (χ4v) is 2.66. The van der Waals surface area contributed by atoms with E-state index in [2.05, 4.69) is 0 Å². The molecule has 0 saturated carbocycles. The second-order valence-corrected chi connectivity index (χ2v) is 5.82. The molecular weight excluding hydrogens is 334 g/mol. The zero-order valence-corrected chi connectivity index (χ0v) is 14.4. The molecule has 6 heteroatoms. The Morgan fingerprint density at radius 1 is 0.962 bits per heavy atom. The molecular formula is C20H21NO5. The highest BCUT2D eigenvalue weighted by Gasteiger charge is 2.30. The van der Waals surface area contributed by atoms with Crippen LogP contribution in [-0.2, 0) is 19.1 Å². The van der Waals surface area contributed by atoms with E-state index in [1.807, 2.05) is 36.4 Å². The molecule has 1 aliphatic heterocycles. The third kappa shape index (κ3) is 4.83. The highest BCUT2D eigenvalue weighted by Crippen LogP contribution is 2.21. The summed E-state index contributed by atoms with van der Waals surface area (Å²) < 4.78 is 16.2. The molecule has 0 spiro atoms. The maximum Gasteiger partial charge on any atom is 0.345 e. The lowest BCUT2D eigenvalue weighted by atomic mass is 10.1. The maximum atomic E-state index is 12.9. The highest BCUT2D eigenvalue weighted by molar-refractivity contribution is 5.85. The van der Waals surface area contributed by atoms with E-state index in [1.165, 1.54) is 0 Å². The van der Waals surface area contributed by atoms with E-state index in [-0.39, 0.29) is 12.5 Å². The van der Waals surface area contributed by atoms with Crippen LogP contribution in [0.3, 0.4) is 0 Å². The van der Waals surface area contributed by atoms with Crippen molar-refractivity contribution in [3.63, 3.8) is 0 Å². The molecule has 1 saturated heterocycles. The monoisotopic (exact) mass is 355 g/mol. The van der Waals surface area contributed by atoms with E-state index >= 15 is 0 Å². The first kappa shape index (κ1) is 17.9. The van der Waals surface area contributed by atoms with Crippen molar-refractivity contribution >= 4 is 11.9 Å². The summed E-state index contributed by atoms with van der Waals surface area (Å²) in [6, 6.07) is 18.0. The Morgan fingerprint density at radius 2 is 1.58 bits per heavy atom. The van der Waals surface area contributed by atoms with Gasteiger partial charge in [-0.2, -0.15) is 0 Å². The molecule has 0 bridgehead atoms. The number of ether oxygens (including phenoxy) is 3. The van der Waals surface area contributed by atoms with Gasteiger partial charge in [0.1, 0.15) is 5.75 Å². The zero-order valence-electron chi connectivity index (χ0n) is 14.4. The Kier molecular flexibility index (Phi) is 6.22. The molecule has 136 valence electrons. The van der Waals surface area contributed by atoms with Gasteiger partial charge in [0.05, 0.1) is 13.2 Å². The number of carbonyl (C=O) groups excluding carboxylic acids is 2. The minimum Gasteiger partial charge on any atom is -0.482 e. The standard InChI is InChI=1S/C20H21NO5/c22-18(15-25-17-9-5-2-6-10-17)26-19(16-7-3-1-4-8-16)20(23)21-11-13-24-14-12-21/h1-10,19H,11-15H2/t19-/m0/s1. The van der Waals surface area contributed by atoms with Crippen LogP contribution in [0.25, 0.3) is 0 Å². The lowest BCUT2D eigenvalue weighted by molar-refractivity contribution is -0.164. The number of morpholine rings is 1. The van der Waals surface area contributed by atoms with Crippen molar-refractivity contribution in [1.82, 2.24) is 4.90 Å². The summed E-state index contributed by atoms with van der Waals surface area (Å²) in [5, 5.41) is 0. The van der Waals surface area contributed by atoms with Gasteiger partial charge in [-0.3, -0.25) is 4.79 Å². The topological polar surface area (TPSA) is 65.1 Å². The molecule has 6 nitrogen and oxygen atoms in total. The van der Waals surface area contributed by atoms with Gasteiger partial charge in [-0.05, 0) is 12.1 Å². The minimum absolute atomic E-state index is 0.243. The van der Waals surface area contributed by atoms with Crippen LogP contribution in [0.4, 0.5) is 0 Å². The van der Waals surface area contributed by atoms with Crippen molar-refractivity contribution in [2.75, 3.05) is 32.9 Å². The maximum absolute atomic E-state index is 12.9. The number of rotatable bonds is 6. The summed E-state index contributed by atoms with van der Waals surface area (Å²) in [5.41, 5.74) is 0.636. The molecule has 1 heterocycles. The average Bonchev–Trinajstić information content (AvgIpc) is 2.72. The molecule has 26 heavy (non-hydrogen) atoms. The molecule has 2 aromatic rings. The van der Waals surface area contributed by atoms with Gasteiger partial charge in [-0.15, -0.1) is 0 Å². The predicted molar refractivity (Wildman–Crippen MR) is 94.6 cm³/mol. The second-order valence-electron chi connectivity index (χ2n) is 5.82. The van der Waals surface area contributed by atoms with E-state index in [4.69, 9.17) is 14.2 Å². The van der Waals surface area contributed by atoms with Gasteiger partial charge >= 0.3 is 5.97 Å². The first-order valence-corrected chi connectivity index (χ1v) is 8.53. The number of esters is 1. The van der Waals surface area contributed by atoms with Crippen LogP contribution in [0.2, 0.25) is 0 Å². The third-order valence-electron chi connectivity index (χ3n) is 4.00. The quantitative estimate of drug-likeness (QED) is 0.744. The van der Waals surface area contributed by atoms with Gasteiger partial charge in [0.2, 0.25) is 6.10 Å². The van der Waals surface area contributed by atoms with Gasteiger partial charge < -0.3 is 19.1 Å². The normalized spacial score (nSPS) is 15.2. The smallest absolute Gasteiger partial charge is 0.345 e. The van der Waals surface area contributed by atoms with Crippen LogP contribution in [0.1, 0.15) is 11.7 Å². The van der Waals surface area contributed by atoms with Crippen LogP contribution < -0.4 is 4.74 Å². The average molecular weight is 355 g/mol. The summed E-state index contributed by atoms with van der Waals surface area (Å²) in [6.45, 7) is 1.68. The highest BCUT2D eigenvalue weighted by atomic mass is 16.6. The molecule has 1 fully saturated rings. The van der Waals surface area contributed by atoms with Crippen molar-refractivity contribution in [3.05, 3.63) is 66.2 Å². The number of carbonyl (C=O) groups is 2. The molecule has 0 unspecified atom stereocenters. The third-order valence-corrected chi connectivity index (χ3v) is 4.00.